The van der Waals surface area contributed by atoms with Gasteiger partial charge in [-0.25, -0.2) is 0 Å². The summed E-state index contributed by atoms with van der Waals surface area (Å²) in [6.45, 7) is 7.40. The van der Waals surface area contributed by atoms with Gasteiger partial charge in [0, 0.05) is 23.8 Å². The van der Waals surface area contributed by atoms with Gasteiger partial charge in [-0.2, -0.15) is 11.8 Å². The molecule has 1 N–H and O–H groups in total. The van der Waals surface area contributed by atoms with Gasteiger partial charge in [-0.15, -0.1) is 10.2 Å². The van der Waals surface area contributed by atoms with Gasteiger partial charge in [-0.05, 0) is 25.0 Å². The monoisotopic (exact) mass is 313 g/mol. The van der Waals surface area contributed by atoms with Gasteiger partial charge in [0.2, 0.25) is 5.13 Å². The number of thioether (sulfide) groups is 1. The quantitative estimate of drug-likeness (QED) is 0.907. The van der Waals surface area contributed by atoms with Crippen LogP contribution >= 0.6 is 23.1 Å². The molecule has 4 nitrogen and oxygen atoms in total. The number of hydrogen-bond donors (Lipinski definition) is 1. The highest BCUT2D eigenvalue weighted by Crippen LogP contribution is 2.39. The van der Waals surface area contributed by atoms with Crippen LogP contribution in [-0.4, -0.2) is 40.0 Å². The van der Waals surface area contributed by atoms with E-state index < -0.39 is 0 Å². The van der Waals surface area contributed by atoms with Crippen molar-refractivity contribution in [2.24, 2.45) is 0 Å². The Labute approximate surface area is 129 Å². The topological polar surface area (TPSA) is 47.0 Å². The predicted molar refractivity (Wildman–Crippen MR) is 85.9 cm³/mol. The zero-order chi connectivity index (χ0) is 14.2. The maximum absolute atomic E-state index is 6.06. The van der Waals surface area contributed by atoms with E-state index in [0.717, 1.165) is 35.3 Å². The van der Waals surface area contributed by atoms with E-state index in [9.17, 15) is 0 Å². The van der Waals surface area contributed by atoms with Crippen molar-refractivity contribution < 1.29 is 4.74 Å². The zero-order valence-corrected chi connectivity index (χ0v) is 14.1. The first-order valence-electron chi connectivity index (χ1n) is 7.29. The lowest BCUT2D eigenvalue weighted by Gasteiger charge is -2.37. The fraction of sp³-hybridized carbons (Fsp3) is 0.857. The van der Waals surface area contributed by atoms with Crippen molar-refractivity contribution >= 4 is 28.2 Å². The molecule has 2 saturated heterocycles. The van der Waals surface area contributed by atoms with Gasteiger partial charge in [-0.1, -0.05) is 32.1 Å². The molecule has 0 aromatic carbocycles. The molecule has 2 fully saturated rings. The van der Waals surface area contributed by atoms with E-state index in [0.29, 0.717) is 6.04 Å². The van der Waals surface area contributed by atoms with Gasteiger partial charge >= 0.3 is 0 Å². The summed E-state index contributed by atoms with van der Waals surface area (Å²) in [5.41, 5.74) is 0.203. The summed E-state index contributed by atoms with van der Waals surface area (Å²) >= 11 is 3.70. The van der Waals surface area contributed by atoms with Crippen LogP contribution in [0.4, 0.5) is 5.13 Å². The highest BCUT2D eigenvalue weighted by molar-refractivity contribution is 7.99. The van der Waals surface area contributed by atoms with E-state index in [1.54, 1.807) is 11.3 Å². The second-order valence-electron chi connectivity index (χ2n) is 6.83. The maximum atomic E-state index is 6.06. The smallest absolute Gasteiger partial charge is 0.205 e. The Balaban J connectivity index is 1.64. The third kappa shape index (κ3) is 3.12. The number of nitrogens with zero attached hydrogens (tertiary/aromatic N) is 2. The lowest BCUT2D eigenvalue weighted by atomic mass is 9.90. The van der Waals surface area contributed by atoms with Gasteiger partial charge in [0.1, 0.15) is 5.01 Å². The molecule has 1 spiro atoms. The lowest BCUT2D eigenvalue weighted by Crippen LogP contribution is -2.44. The number of hydrogen-bond acceptors (Lipinski definition) is 6. The molecule has 2 unspecified atom stereocenters. The second-order valence-corrected chi connectivity index (χ2v) is 8.91. The molecule has 0 radical (unpaired) electrons. The highest BCUT2D eigenvalue weighted by atomic mass is 32.2. The van der Waals surface area contributed by atoms with E-state index in [2.05, 4.69) is 36.3 Å². The van der Waals surface area contributed by atoms with Crippen molar-refractivity contribution in [2.45, 2.75) is 57.1 Å². The van der Waals surface area contributed by atoms with Crippen LogP contribution < -0.4 is 5.32 Å². The van der Waals surface area contributed by atoms with Crippen molar-refractivity contribution in [2.75, 3.05) is 23.4 Å². The van der Waals surface area contributed by atoms with Gasteiger partial charge in [-0.3, -0.25) is 0 Å². The molecule has 1 aromatic rings. The van der Waals surface area contributed by atoms with E-state index >= 15 is 0 Å². The molecule has 112 valence electrons. The fourth-order valence-corrected chi connectivity index (χ4v) is 5.03. The Kier molecular flexibility index (Phi) is 3.99. The number of aromatic nitrogens is 2. The highest BCUT2D eigenvalue weighted by Gasteiger charge is 2.40. The molecule has 2 atom stereocenters. The molecule has 0 amide bonds. The van der Waals surface area contributed by atoms with E-state index in [1.807, 2.05) is 11.8 Å². The minimum Gasteiger partial charge on any atom is -0.374 e. The Morgan fingerprint density at radius 1 is 1.35 bits per heavy atom. The van der Waals surface area contributed by atoms with Crippen molar-refractivity contribution in [1.82, 2.24) is 10.2 Å². The third-order valence-electron chi connectivity index (χ3n) is 3.95. The van der Waals surface area contributed by atoms with Gasteiger partial charge in [0.25, 0.3) is 0 Å². The summed E-state index contributed by atoms with van der Waals surface area (Å²) in [6, 6.07) is 0.475. The van der Waals surface area contributed by atoms with Crippen LogP contribution in [0, 0.1) is 0 Å². The summed E-state index contributed by atoms with van der Waals surface area (Å²) < 4.78 is 6.06. The fourth-order valence-electron chi connectivity index (χ4n) is 2.77. The SMILES string of the molecule is CC(C)(C)c1nnc(NC2CCOC3(CCSC3)C2)s1. The van der Waals surface area contributed by atoms with E-state index in [1.165, 1.54) is 12.2 Å². The molecule has 3 rings (SSSR count). The summed E-state index contributed by atoms with van der Waals surface area (Å²) in [5, 5.41) is 14.3. The molecule has 3 heterocycles. The molecule has 0 bridgehead atoms. The van der Waals surface area contributed by atoms with Crippen LogP contribution in [0.1, 0.15) is 45.0 Å². The summed E-state index contributed by atoms with van der Waals surface area (Å²) in [7, 11) is 0. The van der Waals surface area contributed by atoms with E-state index in [4.69, 9.17) is 4.74 Å². The minimum atomic E-state index is 0.0799. The van der Waals surface area contributed by atoms with Crippen molar-refractivity contribution in [3.63, 3.8) is 0 Å². The number of rotatable bonds is 2. The summed E-state index contributed by atoms with van der Waals surface area (Å²) in [6.07, 6.45) is 3.36. The standard InChI is InChI=1S/C14H23N3OS2/c1-13(2,3)11-16-17-12(20-11)15-10-4-6-18-14(8-10)5-7-19-9-14/h10H,4-9H2,1-3H3,(H,15,17). The van der Waals surface area contributed by atoms with Crippen LogP contribution in [0.25, 0.3) is 0 Å². The van der Waals surface area contributed by atoms with Crippen LogP contribution in [0.2, 0.25) is 0 Å². The average molecular weight is 313 g/mol. The Hall–Kier alpha value is -0.330. The number of nitrogens with one attached hydrogen (secondary N) is 1. The van der Waals surface area contributed by atoms with Crippen molar-refractivity contribution in [1.29, 1.82) is 0 Å². The first-order valence-corrected chi connectivity index (χ1v) is 9.26. The third-order valence-corrected chi connectivity index (χ3v) is 6.46. The molecular weight excluding hydrogens is 290 g/mol. The number of anilines is 1. The molecule has 20 heavy (non-hydrogen) atoms. The van der Waals surface area contributed by atoms with Gasteiger partial charge in [0.15, 0.2) is 0 Å². The lowest BCUT2D eigenvalue weighted by molar-refractivity contribution is -0.0628. The molecule has 2 aliphatic rings. The molecule has 0 aliphatic carbocycles. The Morgan fingerprint density at radius 3 is 2.85 bits per heavy atom. The van der Waals surface area contributed by atoms with Crippen LogP contribution in [0.3, 0.4) is 0 Å². The van der Waals surface area contributed by atoms with Crippen LogP contribution in [0.15, 0.2) is 0 Å². The normalized spacial score (nSPS) is 30.9. The van der Waals surface area contributed by atoms with Gasteiger partial charge < -0.3 is 10.1 Å². The Morgan fingerprint density at radius 2 is 2.20 bits per heavy atom. The largest absolute Gasteiger partial charge is 0.374 e. The van der Waals surface area contributed by atoms with Crippen molar-refractivity contribution in [3.8, 4) is 0 Å². The number of ether oxygens (including phenoxy) is 1. The zero-order valence-electron chi connectivity index (χ0n) is 12.4. The van der Waals surface area contributed by atoms with Gasteiger partial charge in [0.05, 0.1) is 5.60 Å². The average Bonchev–Trinajstić information content (AvgIpc) is 2.99. The first kappa shape index (κ1) is 14.6. The predicted octanol–water partition coefficient (Wildman–Crippen LogP) is 3.30. The maximum Gasteiger partial charge on any atom is 0.205 e. The Bertz CT molecular complexity index is 463. The van der Waals surface area contributed by atoms with Crippen molar-refractivity contribution in [3.05, 3.63) is 5.01 Å². The minimum absolute atomic E-state index is 0.0799. The van der Waals surface area contributed by atoms with Crippen LogP contribution in [-0.2, 0) is 10.2 Å². The summed E-state index contributed by atoms with van der Waals surface area (Å²) in [5.74, 6) is 2.38. The molecule has 1 aromatic heterocycles. The second kappa shape index (κ2) is 5.46. The first-order chi connectivity index (χ1) is 9.47. The molecule has 0 saturated carbocycles. The molecule has 2 aliphatic heterocycles. The molecular formula is C14H23N3OS2. The van der Waals surface area contributed by atoms with Crippen LogP contribution in [0.5, 0.6) is 0 Å². The molecule has 6 heteroatoms. The summed E-state index contributed by atoms with van der Waals surface area (Å²) in [4.78, 5) is 0. The van der Waals surface area contributed by atoms with E-state index in [-0.39, 0.29) is 11.0 Å².